The van der Waals surface area contributed by atoms with Gasteiger partial charge in [0.15, 0.2) is 17.5 Å². The van der Waals surface area contributed by atoms with Crippen LogP contribution in [0.4, 0.5) is 0 Å². The fourth-order valence-electron chi connectivity index (χ4n) is 8.89. The maximum Gasteiger partial charge on any atom is 0.164 e. The van der Waals surface area contributed by atoms with Gasteiger partial charge in [0.2, 0.25) is 0 Å². The molecule has 0 spiro atoms. The molecule has 5 nitrogen and oxygen atoms in total. The Kier molecular flexibility index (Phi) is 8.42. The summed E-state index contributed by atoms with van der Waals surface area (Å²) < 4.78 is 8.94. The molecule has 12 aromatic rings. The van der Waals surface area contributed by atoms with Crippen molar-refractivity contribution in [2.75, 3.05) is 0 Å². The van der Waals surface area contributed by atoms with Gasteiger partial charge < -0.3 is 8.98 Å². The Morgan fingerprint density at radius 3 is 1.45 bits per heavy atom. The van der Waals surface area contributed by atoms with E-state index in [1.165, 1.54) is 33.0 Å². The highest BCUT2D eigenvalue weighted by atomic mass is 16.3. The Morgan fingerprint density at radius 2 is 0.823 bits per heavy atom. The van der Waals surface area contributed by atoms with Gasteiger partial charge in [-0.1, -0.05) is 164 Å². The summed E-state index contributed by atoms with van der Waals surface area (Å²) in [5.41, 5.74) is 14.7. The molecule has 0 amide bonds. The summed E-state index contributed by atoms with van der Waals surface area (Å²) in [4.78, 5) is 15.1. The molecule has 5 heteroatoms. The molecule has 0 radical (unpaired) electrons. The van der Waals surface area contributed by atoms with Crippen molar-refractivity contribution >= 4 is 43.7 Å². The van der Waals surface area contributed by atoms with E-state index in [1.807, 2.05) is 72.8 Å². The molecule has 3 aromatic heterocycles. The molecule has 62 heavy (non-hydrogen) atoms. The monoisotopic (exact) mass is 792 g/mol. The summed E-state index contributed by atoms with van der Waals surface area (Å²) in [6.07, 6.45) is 0. The fourth-order valence-corrected chi connectivity index (χ4v) is 8.89. The van der Waals surface area contributed by atoms with Gasteiger partial charge in [0.05, 0.1) is 11.0 Å². The number of nitrogens with zero attached hydrogens (tertiary/aromatic N) is 4. The summed E-state index contributed by atoms with van der Waals surface area (Å²) >= 11 is 0. The number of benzene rings is 9. The van der Waals surface area contributed by atoms with Crippen LogP contribution in [0.5, 0.6) is 0 Å². The largest absolute Gasteiger partial charge is 0.456 e. The second kappa shape index (κ2) is 14.7. The summed E-state index contributed by atoms with van der Waals surface area (Å²) in [6, 6.07) is 76.6. The molecular weight excluding hydrogens is 757 g/mol. The lowest BCUT2D eigenvalue weighted by atomic mass is 9.98. The standard InChI is InChI=1S/C57H36N4O/c1-5-16-37(17-6-1)43-32-44(38-18-7-2-8-19-38)34-45(33-43)61-50-26-14-13-24-46(50)48-35-41(28-30-51(48)61)42-29-31-52-49(36-42)54-47(25-15-27-53(54)62-52)57-59-55(39-20-9-3-10-21-39)58-56(60-57)40-22-11-4-12-23-40/h1-36H. The molecule has 290 valence electrons. The minimum atomic E-state index is 0.595. The van der Waals surface area contributed by atoms with E-state index in [-0.39, 0.29) is 0 Å². The maximum atomic E-state index is 6.52. The van der Waals surface area contributed by atoms with Crippen LogP contribution in [0.25, 0.3) is 117 Å². The lowest BCUT2D eigenvalue weighted by Crippen LogP contribution is -2.00. The third-order valence-corrected chi connectivity index (χ3v) is 11.8. The third-order valence-electron chi connectivity index (χ3n) is 11.8. The van der Waals surface area contributed by atoms with Gasteiger partial charge in [-0.25, -0.2) is 15.0 Å². The zero-order valence-electron chi connectivity index (χ0n) is 33.5. The van der Waals surface area contributed by atoms with Crippen LogP contribution in [-0.2, 0) is 0 Å². The van der Waals surface area contributed by atoms with Crippen molar-refractivity contribution < 1.29 is 4.42 Å². The highest BCUT2D eigenvalue weighted by molar-refractivity contribution is 6.14. The van der Waals surface area contributed by atoms with Crippen LogP contribution in [0.15, 0.2) is 223 Å². The zero-order chi connectivity index (χ0) is 41.0. The van der Waals surface area contributed by atoms with Crippen LogP contribution in [0.2, 0.25) is 0 Å². The number of hydrogen-bond acceptors (Lipinski definition) is 4. The van der Waals surface area contributed by atoms with E-state index in [1.54, 1.807) is 0 Å². The number of para-hydroxylation sites is 1. The highest BCUT2D eigenvalue weighted by Gasteiger charge is 2.20. The van der Waals surface area contributed by atoms with Crippen LogP contribution >= 0.6 is 0 Å². The molecule has 0 aliphatic heterocycles. The summed E-state index contributed by atoms with van der Waals surface area (Å²) in [5.74, 6) is 1.84. The minimum absolute atomic E-state index is 0.595. The number of furan rings is 1. The van der Waals surface area contributed by atoms with Gasteiger partial charge in [0.25, 0.3) is 0 Å². The Morgan fingerprint density at radius 1 is 0.306 bits per heavy atom. The Labute approximate surface area is 357 Å². The quantitative estimate of drug-likeness (QED) is 0.161. The van der Waals surface area contributed by atoms with Crippen molar-refractivity contribution in [1.29, 1.82) is 0 Å². The maximum absolute atomic E-state index is 6.52. The van der Waals surface area contributed by atoms with Gasteiger partial charge >= 0.3 is 0 Å². The Hall–Kier alpha value is -8.41. The molecule has 0 saturated carbocycles. The predicted octanol–water partition coefficient (Wildman–Crippen LogP) is 14.9. The molecule has 9 aromatic carbocycles. The van der Waals surface area contributed by atoms with E-state index in [0.717, 1.165) is 66.5 Å². The normalized spacial score (nSPS) is 11.5. The van der Waals surface area contributed by atoms with Crippen molar-refractivity contribution in [2.45, 2.75) is 0 Å². The molecule has 0 atom stereocenters. The molecule has 0 saturated heterocycles. The highest BCUT2D eigenvalue weighted by Crippen LogP contribution is 2.41. The van der Waals surface area contributed by atoms with E-state index >= 15 is 0 Å². The number of aromatic nitrogens is 4. The predicted molar refractivity (Wildman–Crippen MR) is 254 cm³/mol. The van der Waals surface area contributed by atoms with E-state index in [0.29, 0.717) is 17.5 Å². The Bertz CT molecular complexity index is 3490. The SMILES string of the molecule is c1ccc(-c2cc(-c3ccccc3)cc(-n3c4ccccc4c4cc(-c5ccc6oc7cccc(-c8nc(-c9ccccc9)nc(-c9ccccc9)n8)c7c6c5)ccc43)c2)cc1. The minimum Gasteiger partial charge on any atom is -0.456 e. The van der Waals surface area contributed by atoms with Gasteiger partial charge in [-0.3, -0.25) is 0 Å². The topological polar surface area (TPSA) is 56.7 Å². The first-order valence-corrected chi connectivity index (χ1v) is 20.8. The summed E-state index contributed by atoms with van der Waals surface area (Å²) in [6.45, 7) is 0. The molecule has 0 aliphatic rings. The van der Waals surface area contributed by atoms with Crippen molar-refractivity contribution in [3.63, 3.8) is 0 Å². The van der Waals surface area contributed by atoms with Crippen molar-refractivity contribution in [1.82, 2.24) is 19.5 Å². The molecule has 3 heterocycles. The number of rotatable bonds is 7. The molecule has 0 fully saturated rings. The third kappa shape index (κ3) is 6.14. The average Bonchev–Trinajstić information content (AvgIpc) is 3.90. The van der Waals surface area contributed by atoms with Gasteiger partial charge in [0.1, 0.15) is 11.2 Å². The van der Waals surface area contributed by atoms with E-state index in [2.05, 4.69) is 150 Å². The molecular formula is C57H36N4O. The molecule has 0 unspecified atom stereocenters. The molecule has 0 aliphatic carbocycles. The number of fused-ring (bicyclic) bond motifs is 6. The first-order valence-electron chi connectivity index (χ1n) is 20.8. The average molecular weight is 793 g/mol. The van der Waals surface area contributed by atoms with Crippen molar-refractivity contribution in [3.8, 4) is 73.2 Å². The fraction of sp³-hybridized carbons (Fsp3) is 0. The first-order chi connectivity index (χ1) is 30.7. The van der Waals surface area contributed by atoms with E-state index in [9.17, 15) is 0 Å². The summed E-state index contributed by atoms with van der Waals surface area (Å²) in [5, 5.41) is 4.36. The smallest absolute Gasteiger partial charge is 0.164 e. The van der Waals surface area contributed by atoms with Crippen LogP contribution < -0.4 is 0 Å². The van der Waals surface area contributed by atoms with Crippen LogP contribution in [0, 0.1) is 0 Å². The lowest BCUT2D eigenvalue weighted by Gasteiger charge is -2.14. The van der Waals surface area contributed by atoms with E-state index < -0.39 is 0 Å². The molecule has 12 rings (SSSR count). The van der Waals surface area contributed by atoms with Gasteiger partial charge in [-0.2, -0.15) is 0 Å². The van der Waals surface area contributed by atoms with Crippen LogP contribution in [0.1, 0.15) is 0 Å². The van der Waals surface area contributed by atoms with Gasteiger partial charge in [-0.05, 0) is 88.0 Å². The number of hydrogen-bond donors (Lipinski definition) is 0. The first kappa shape index (κ1) is 35.5. The van der Waals surface area contributed by atoms with Crippen LogP contribution in [-0.4, -0.2) is 19.5 Å². The molecule has 0 bridgehead atoms. The van der Waals surface area contributed by atoms with Gasteiger partial charge in [0, 0.05) is 43.9 Å². The van der Waals surface area contributed by atoms with E-state index in [4.69, 9.17) is 19.4 Å². The Balaban J connectivity index is 1.02. The lowest BCUT2D eigenvalue weighted by molar-refractivity contribution is 0.669. The zero-order valence-corrected chi connectivity index (χ0v) is 33.5. The van der Waals surface area contributed by atoms with Crippen molar-refractivity contribution in [2.24, 2.45) is 0 Å². The van der Waals surface area contributed by atoms with Crippen molar-refractivity contribution in [3.05, 3.63) is 218 Å². The second-order valence-corrected chi connectivity index (χ2v) is 15.6. The van der Waals surface area contributed by atoms with Gasteiger partial charge in [-0.15, -0.1) is 0 Å². The molecule has 0 N–H and O–H groups in total. The summed E-state index contributed by atoms with van der Waals surface area (Å²) in [7, 11) is 0. The van der Waals surface area contributed by atoms with Crippen LogP contribution in [0.3, 0.4) is 0 Å². The second-order valence-electron chi connectivity index (χ2n) is 15.6.